The summed E-state index contributed by atoms with van der Waals surface area (Å²) in [6.07, 6.45) is 0.229. The third-order valence-electron chi connectivity index (χ3n) is 6.54. The number of ether oxygens (including phenoxy) is 1. The second-order valence-corrected chi connectivity index (χ2v) is 8.87. The summed E-state index contributed by atoms with van der Waals surface area (Å²) in [5.41, 5.74) is 3.40. The van der Waals surface area contributed by atoms with Crippen molar-refractivity contribution in [1.29, 1.82) is 0 Å². The van der Waals surface area contributed by atoms with E-state index in [-0.39, 0.29) is 30.3 Å². The van der Waals surface area contributed by atoms with E-state index >= 15 is 0 Å². The van der Waals surface area contributed by atoms with Gasteiger partial charge in [0.05, 0.1) is 25.6 Å². The van der Waals surface area contributed by atoms with Crippen LogP contribution in [0.5, 0.6) is 5.75 Å². The summed E-state index contributed by atoms with van der Waals surface area (Å²) in [6.45, 7) is 4.36. The van der Waals surface area contributed by atoms with E-state index in [2.05, 4.69) is 58.7 Å². The Balaban J connectivity index is 1.43. The highest BCUT2D eigenvalue weighted by atomic mass is 16.5. The van der Waals surface area contributed by atoms with Crippen molar-refractivity contribution in [2.75, 3.05) is 33.3 Å². The van der Waals surface area contributed by atoms with Crippen molar-refractivity contribution < 1.29 is 14.3 Å². The SMILES string of the molecule is COc1ccc(C(CC(=O)N2CCN(C(c3ccccc3)c3ccccc3)CC2)NC(C)=O)cc1. The fraction of sp³-hybridized carbons (Fsp3) is 0.310. The maximum atomic E-state index is 13.2. The van der Waals surface area contributed by atoms with Crippen LogP contribution < -0.4 is 10.1 Å². The first-order chi connectivity index (χ1) is 17.0. The molecule has 0 aliphatic carbocycles. The molecule has 1 N–H and O–H groups in total. The van der Waals surface area contributed by atoms with Crippen molar-refractivity contribution >= 4 is 11.8 Å². The van der Waals surface area contributed by atoms with Gasteiger partial charge in [0, 0.05) is 33.1 Å². The van der Waals surface area contributed by atoms with Crippen LogP contribution in [-0.2, 0) is 9.59 Å². The standard InChI is InChI=1S/C29H33N3O3/c1-22(33)30-27(23-13-15-26(35-2)16-14-23)21-28(34)31-17-19-32(20-18-31)29(24-9-5-3-6-10-24)25-11-7-4-8-12-25/h3-16,27,29H,17-21H2,1-2H3,(H,30,33). The van der Waals surface area contributed by atoms with Gasteiger partial charge in [-0.25, -0.2) is 0 Å². The number of carbonyl (C=O) groups excluding carboxylic acids is 2. The maximum Gasteiger partial charge on any atom is 0.225 e. The Hall–Kier alpha value is -3.64. The molecule has 1 fully saturated rings. The topological polar surface area (TPSA) is 61.9 Å². The molecule has 0 saturated carbocycles. The number of methoxy groups -OCH3 is 1. The molecule has 35 heavy (non-hydrogen) atoms. The van der Waals surface area contributed by atoms with Crippen molar-refractivity contribution in [3.63, 3.8) is 0 Å². The summed E-state index contributed by atoms with van der Waals surface area (Å²) in [4.78, 5) is 29.4. The zero-order valence-corrected chi connectivity index (χ0v) is 20.4. The molecule has 0 spiro atoms. The second kappa shape index (κ2) is 11.7. The lowest BCUT2D eigenvalue weighted by Crippen LogP contribution is -2.50. The molecule has 0 radical (unpaired) electrons. The molecule has 4 rings (SSSR count). The minimum Gasteiger partial charge on any atom is -0.497 e. The first kappa shape index (κ1) is 24.5. The summed E-state index contributed by atoms with van der Waals surface area (Å²) in [7, 11) is 1.61. The normalized spacial score (nSPS) is 15.0. The lowest BCUT2D eigenvalue weighted by molar-refractivity contribution is -0.134. The van der Waals surface area contributed by atoms with Crippen LogP contribution in [0, 0.1) is 0 Å². The van der Waals surface area contributed by atoms with E-state index in [0.29, 0.717) is 13.1 Å². The van der Waals surface area contributed by atoms with Gasteiger partial charge in [-0.05, 0) is 28.8 Å². The van der Waals surface area contributed by atoms with Crippen molar-refractivity contribution in [1.82, 2.24) is 15.1 Å². The lowest BCUT2D eigenvalue weighted by Gasteiger charge is -2.40. The average Bonchev–Trinajstić information content (AvgIpc) is 2.90. The average molecular weight is 472 g/mol. The maximum absolute atomic E-state index is 13.2. The molecule has 0 bridgehead atoms. The van der Waals surface area contributed by atoms with Crippen LogP contribution in [0.1, 0.15) is 42.1 Å². The molecule has 1 saturated heterocycles. The minimum absolute atomic E-state index is 0.0511. The Morgan fingerprint density at radius 2 is 1.34 bits per heavy atom. The Morgan fingerprint density at radius 1 is 0.800 bits per heavy atom. The van der Waals surface area contributed by atoms with Crippen molar-refractivity contribution in [2.45, 2.75) is 25.4 Å². The summed E-state index contributed by atoms with van der Waals surface area (Å²) < 4.78 is 5.23. The van der Waals surface area contributed by atoms with E-state index in [1.807, 2.05) is 41.3 Å². The number of nitrogens with one attached hydrogen (secondary N) is 1. The largest absolute Gasteiger partial charge is 0.497 e. The minimum atomic E-state index is -0.370. The number of hydrogen-bond donors (Lipinski definition) is 1. The second-order valence-electron chi connectivity index (χ2n) is 8.87. The number of rotatable bonds is 8. The molecule has 3 aromatic rings. The third-order valence-corrected chi connectivity index (χ3v) is 6.54. The molecule has 0 aromatic heterocycles. The van der Waals surface area contributed by atoms with E-state index in [1.54, 1.807) is 7.11 Å². The first-order valence-corrected chi connectivity index (χ1v) is 12.1. The van der Waals surface area contributed by atoms with E-state index in [4.69, 9.17) is 4.74 Å². The fourth-order valence-electron chi connectivity index (χ4n) is 4.75. The van der Waals surface area contributed by atoms with E-state index in [1.165, 1.54) is 18.1 Å². The van der Waals surface area contributed by atoms with Crippen LogP contribution in [-0.4, -0.2) is 54.9 Å². The molecule has 1 unspecified atom stereocenters. The highest BCUT2D eigenvalue weighted by Crippen LogP contribution is 2.30. The number of hydrogen-bond acceptors (Lipinski definition) is 4. The van der Waals surface area contributed by atoms with Gasteiger partial charge in [-0.1, -0.05) is 72.8 Å². The van der Waals surface area contributed by atoms with Crippen molar-refractivity contribution in [3.05, 3.63) is 102 Å². The predicted molar refractivity (Wildman–Crippen MR) is 137 cm³/mol. The lowest BCUT2D eigenvalue weighted by atomic mass is 9.96. The van der Waals surface area contributed by atoms with Gasteiger partial charge in [-0.15, -0.1) is 0 Å². The first-order valence-electron chi connectivity index (χ1n) is 12.1. The van der Waals surface area contributed by atoms with Gasteiger partial charge >= 0.3 is 0 Å². The number of carbonyl (C=O) groups is 2. The van der Waals surface area contributed by atoms with Gasteiger partial charge in [-0.2, -0.15) is 0 Å². The van der Waals surface area contributed by atoms with Crippen LogP contribution in [0.25, 0.3) is 0 Å². The molecule has 1 aliphatic heterocycles. The summed E-state index contributed by atoms with van der Waals surface area (Å²) in [6, 6.07) is 28.3. The number of benzene rings is 3. The van der Waals surface area contributed by atoms with Gasteiger partial charge in [0.15, 0.2) is 0 Å². The summed E-state index contributed by atoms with van der Waals surface area (Å²) in [5.74, 6) is 0.636. The van der Waals surface area contributed by atoms with Crippen LogP contribution in [0.15, 0.2) is 84.9 Å². The predicted octanol–water partition coefficient (Wildman–Crippen LogP) is 4.20. The zero-order valence-electron chi connectivity index (χ0n) is 20.4. The fourth-order valence-corrected chi connectivity index (χ4v) is 4.75. The molecule has 2 amide bonds. The van der Waals surface area contributed by atoms with Gasteiger partial charge in [0.25, 0.3) is 0 Å². The van der Waals surface area contributed by atoms with E-state index in [0.717, 1.165) is 24.4 Å². The molecular weight excluding hydrogens is 438 g/mol. The molecule has 6 nitrogen and oxygen atoms in total. The van der Waals surface area contributed by atoms with Crippen LogP contribution >= 0.6 is 0 Å². The monoisotopic (exact) mass is 471 g/mol. The molecule has 3 aromatic carbocycles. The van der Waals surface area contributed by atoms with Crippen molar-refractivity contribution in [2.24, 2.45) is 0 Å². The molecule has 1 heterocycles. The van der Waals surface area contributed by atoms with Crippen LogP contribution in [0.4, 0.5) is 0 Å². The summed E-state index contributed by atoms with van der Waals surface area (Å²) >= 11 is 0. The molecule has 6 heteroatoms. The number of amides is 2. The smallest absolute Gasteiger partial charge is 0.225 e. The van der Waals surface area contributed by atoms with Crippen molar-refractivity contribution in [3.8, 4) is 5.75 Å². The molecule has 182 valence electrons. The van der Waals surface area contributed by atoms with Gasteiger partial charge in [-0.3, -0.25) is 14.5 Å². The Morgan fingerprint density at radius 3 is 1.83 bits per heavy atom. The van der Waals surface area contributed by atoms with Crippen LogP contribution in [0.3, 0.4) is 0 Å². The number of piperazine rings is 1. The molecule has 1 aliphatic rings. The van der Waals surface area contributed by atoms with Gasteiger partial charge in [0.2, 0.25) is 11.8 Å². The van der Waals surface area contributed by atoms with Crippen LogP contribution in [0.2, 0.25) is 0 Å². The third kappa shape index (κ3) is 6.28. The zero-order chi connectivity index (χ0) is 24.6. The van der Waals surface area contributed by atoms with Gasteiger partial charge < -0.3 is 15.0 Å². The Labute approximate surface area is 207 Å². The highest BCUT2D eigenvalue weighted by molar-refractivity contribution is 5.79. The van der Waals surface area contributed by atoms with E-state index in [9.17, 15) is 9.59 Å². The van der Waals surface area contributed by atoms with Gasteiger partial charge in [0.1, 0.15) is 5.75 Å². The Kier molecular flexibility index (Phi) is 8.16. The number of nitrogens with zero attached hydrogens (tertiary/aromatic N) is 2. The molecular formula is C29H33N3O3. The molecule has 1 atom stereocenters. The quantitative estimate of drug-likeness (QED) is 0.535. The highest BCUT2D eigenvalue weighted by Gasteiger charge is 2.29. The Bertz CT molecular complexity index is 1060. The van der Waals surface area contributed by atoms with E-state index < -0.39 is 0 Å². The summed E-state index contributed by atoms with van der Waals surface area (Å²) in [5, 5.41) is 2.94.